The van der Waals surface area contributed by atoms with Crippen molar-refractivity contribution < 1.29 is 14.3 Å². The molecule has 0 aromatic rings. The molecule has 0 heterocycles. The predicted molar refractivity (Wildman–Crippen MR) is 38.9 cm³/mol. The molecule has 0 N–H and O–H groups in total. The van der Waals surface area contributed by atoms with Gasteiger partial charge in [-0.2, -0.15) is 0 Å². The molecular formula is C8H12O3. The molecule has 0 aliphatic heterocycles. The van der Waals surface area contributed by atoms with Crippen LogP contribution in [0.4, 0.5) is 0 Å². The quantitative estimate of drug-likeness (QED) is 0.567. The van der Waals surface area contributed by atoms with Crippen LogP contribution in [-0.4, -0.2) is 18.4 Å². The zero-order valence-corrected chi connectivity index (χ0v) is 6.79. The van der Waals surface area contributed by atoms with E-state index in [1.54, 1.807) is 6.92 Å². The van der Waals surface area contributed by atoms with E-state index in [0.29, 0.717) is 13.0 Å². The van der Waals surface area contributed by atoms with Gasteiger partial charge in [0, 0.05) is 5.92 Å². The first kappa shape index (κ1) is 8.24. The van der Waals surface area contributed by atoms with Crippen LogP contribution in [0.2, 0.25) is 0 Å². The lowest BCUT2D eigenvalue weighted by Gasteiger charge is -1.97. The highest BCUT2D eigenvalue weighted by Crippen LogP contribution is 2.39. The van der Waals surface area contributed by atoms with Gasteiger partial charge in [-0.15, -0.1) is 0 Å². The fourth-order valence-corrected chi connectivity index (χ4v) is 1.15. The summed E-state index contributed by atoms with van der Waals surface area (Å²) in [5.41, 5.74) is 0. The molecule has 2 atom stereocenters. The van der Waals surface area contributed by atoms with Gasteiger partial charge in [0.05, 0.1) is 12.5 Å². The summed E-state index contributed by atoms with van der Waals surface area (Å²) in [5, 5.41) is 0. The maximum atomic E-state index is 10.9. The number of carbonyl (C=O) groups is 2. The van der Waals surface area contributed by atoms with Gasteiger partial charge >= 0.3 is 5.97 Å². The maximum Gasteiger partial charge on any atom is 0.309 e. The number of ketones is 1. The Hall–Kier alpha value is -0.860. The largest absolute Gasteiger partial charge is 0.466 e. The van der Waals surface area contributed by atoms with Crippen molar-refractivity contribution in [2.75, 3.05) is 6.61 Å². The average Bonchev–Trinajstić information content (AvgIpc) is 2.65. The molecule has 0 radical (unpaired) electrons. The number of hydrogen-bond acceptors (Lipinski definition) is 3. The van der Waals surface area contributed by atoms with E-state index in [1.807, 2.05) is 0 Å². The molecule has 0 saturated heterocycles. The molecule has 0 aromatic heterocycles. The van der Waals surface area contributed by atoms with Crippen LogP contribution >= 0.6 is 0 Å². The van der Waals surface area contributed by atoms with Crippen LogP contribution in [0.5, 0.6) is 0 Å². The third-order valence-electron chi connectivity index (χ3n) is 1.90. The van der Waals surface area contributed by atoms with E-state index in [0.717, 1.165) is 0 Å². The molecule has 1 fully saturated rings. The highest BCUT2D eigenvalue weighted by molar-refractivity contribution is 5.89. The van der Waals surface area contributed by atoms with E-state index >= 15 is 0 Å². The Morgan fingerprint density at radius 1 is 1.45 bits per heavy atom. The van der Waals surface area contributed by atoms with E-state index in [-0.39, 0.29) is 23.6 Å². The van der Waals surface area contributed by atoms with E-state index in [1.165, 1.54) is 6.92 Å². The number of rotatable bonds is 3. The minimum atomic E-state index is -0.215. The van der Waals surface area contributed by atoms with Gasteiger partial charge in [0.2, 0.25) is 0 Å². The van der Waals surface area contributed by atoms with E-state index in [2.05, 4.69) is 0 Å². The summed E-state index contributed by atoms with van der Waals surface area (Å²) in [6.45, 7) is 3.69. The van der Waals surface area contributed by atoms with E-state index in [9.17, 15) is 9.59 Å². The summed E-state index contributed by atoms with van der Waals surface area (Å²) < 4.78 is 4.76. The summed E-state index contributed by atoms with van der Waals surface area (Å²) in [6.07, 6.45) is 0.689. The Balaban J connectivity index is 2.32. The third-order valence-corrected chi connectivity index (χ3v) is 1.90. The van der Waals surface area contributed by atoms with Gasteiger partial charge in [0.15, 0.2) is 0 Å². The first-order valence-electron chi connectivity index (χ1n) is 3.84. The molecule has 1 rings (SSSR count). The number of hydrogen-bond donors (Lipinski definition) is 0. The Labute approximate surface area is 65.7 Å². The van der Waals surface area contributed by atoms with Gasteiger partial charge in [-0.25, -0.2) is 0 Å². The van der Waals surface area contributed by atoms with Crippen molar-refractivity contribution in [3.63, 3.8) is 0 Å². The molecule has 0 spiro atoms. The fourth-order valence-electron chi connectivity index (χ4n) is 1.15. The van der Waals surface area contributed by atoms with Crippen molar-refractivity contribution >= 4 is 11.8 Å². The summed E-state index contributed by atoms with van der Waals surface area (Å²) in [6, 6.07) is 0. The van der Waals surface area contributed by atoms with Crippen molar-refractivity contribution in [2.24, 2.45) is 11.8 Å². The average molecular weight is 156 g/mol. The molecule has 0 unspecified atom stereocenters. The molecule has 1 aliphatic carbocycles. The van der Waals surface area contributed by atoms with E-state index < -0.39 is 0 Å². The molecule has 62 valence electrons. The van der Waals surface area contributed by atoms with Crippen LogP contribution in [0.3, 0.4) is 0 Å². The van der Waals surface area contributed by atoms with Crippen molar-refractivity contribution in [1.82, 2.24) is 0 Å². The Morgan fingerprint density at radius 2 is 2.09 bits per heavy atom. The molecule has 0 aromatic carbocycles. The van der Waals surface area contributed by atoms with Gasteiger partial charge in [-0.3, -0.25) is 9.59 Å². The van der Waals surface area contributed by atoms with Gasteiger partial charge in [0.1, 0.15) is 5.78 Å². The second-order valence-electron chi connectivity index (χ2n) is 2.81. The van der Waals surface area contributed by atoms with Gasteiger partial charge in [0.25, 0.3) is 0 Å². The van der Waals surface area contributed by atoms with Crippen LogP contribution < -0.4 is 0 Å². The lowest BCUT2D eigenvalue weighted by atomic mass is 10.2. The van der Waals surface area contributed by atoms with Crippen molar-refractivity contribution in [3.05, 3.63) is 0 Å². The molecule has 3 heteroatoms. The lowest BCUT2D eigenvalue weighted by molar-refractivity contribution is -0.145. The minimum absolute atomic E-state index is 0.0472. The second kappa shape index (κ2) is 3.03. The van der Waals surface area contributed by atoms with Gasteiger partial charge in [-0.1, -0.05) is 0 Å². The van der Waals surface area contributed by atoms with Crippen molar-refractivity contribution in [3.8, 4) is 0 Å². The summed E-state index contributed by atoms with van der Waals surface area (Å²) >= 11 is 0. The van der Waals surface area contributed by atoms with Crippen LogP contribution in [0.1, 0.15) is 20.3 Å². The van der Waals surface area contributed by atoms with Crippen LogP contribution in [-0.2, 0) is 14.3 Å². The second-order valence-corrected chi connectivity index (χ2v) is 2.81. The van der Waals surface area contributed by atoms with Gasteiger partial charge < -0.3 is 4.74 Å². The monoisotopic (exact) mass is 156 g/mol. The van der Waals surface area contributed by atoms with Crippen molar-refractivity contribution in [2.45, 2.75) is 20.3 Å². The number of carbonyl (C=O) groups excluding carboxylic acids is 2. The van der Waals surface area contributed by atoms with Crippen LogP contribution in [0.25, 0.3) is 0 Å². The highest BCUT2D eigenvalue weighted by atomic mass is 16.5. The zero-order valence-electron chi connectivity index (χ0n) is 6.79. The first-order valence-corrected chi connectivity index (χ1v) is 3.84. The van der Waals surface area contributed by atoms with Crippen LogP contribution in [0, 0.1) is 11.8 Å². The number of esters is 1. The molecular weight excluding hydrogens is 144 g/mol. The normalized spacial score (nSPS) is 27.8. The highest BCUT2D eigenvalue weighted by Gasteiger charge is 2.47. The Bertz CT molecular complexity index is 186. The lowest BCUT2D eigenvalue weighted by Crippen LogP contribution is -2.09. The summed E-state index contributed by atoms with van der Waals surface area (Å²) in [7, 11) is 0. The summed E-state index contributed by atoms with van der Waals surface area (Å²) in [4.78, 5) is 21.7. The Kier molecular flexibility index (Phi) is 2.27. The van der Waals surface area contributed by atoms with Crippen molar-refractivity contribution in [1.29, 1.82) is 0 Å². The fraction of sp³-hybridized carbons (Fsp3) is 0.750. The van der Waals surface area contributed by atoms with E-state index in [4.69, 9.17) is 4.74 Å². The third kappa shape index (κ3) is 1.79. The standard InChI is InChI=1S/C8H12O3/c1-3-11-8(10)7-4-6(7)5(2)9/h6-7H,3-4H2,1-2H3/t6-,7+/m1/s1. The summed E-state index contributed by atoms with van der Waals surface area (Å²) in [5.74, 6) is -0.294. The topological polar surface area (TPSA) is 43.4 Å². The first-order chi connectivity index (χ1) is 5.16. The smallest absolute Gasteiger partial charge is 0.309 e. The minimum Gasteiger partial charge on any atom is -0.466 e. The zero-order chi connectivity index (χ0) is 8.43. The maximum absolute atomic E-state index is 10.9. The number of Topliss-reactive ketones (excluding diaryl/α,β-unsaturated/α-hetero) is 1. The predicted octanol–water partition coefficient (Wildman–Crippen LogP) is 0.775. The Morgan fingerprint density at radius 3 is 2.45 bits per heavy atom. The molecule has 1 saturated carbocycles. The SMILES string of the molecule is CCOC(=O)[C@H]1C[C@@H]1C(C)=O. The molecule has 1 aliphatic rings. The molecule has 3 nitrogen and oxygen atoms in total. The van der Waals surface area contributed by atoms with Gasteiger partial charge in [-0.05, 0) is 20.3 Å². The number of ether oxygens (including phenoxy) is 1. The molecule has 0 amide bonds. The molecule has 11 heavy (non-hydrogen) atoms. The van der Waals surface area contributed by atoms with Crippen LogP contribution in [0.15, 0.2) is 0 Å². The molecule has 0 bridgehead atoms.